The molecule has 0 amide bonds. The van der Waals surface area contributed by atoms with Gasteiger partial charge in [0, 0.05) is 0 Å². The molecule has 0 atom stereocenters. The van der Waals surface area contributed by atoms with E-state index in [2.05, 4.69) is 67.7 Å². The van der Waals surface area contributed by atoms with E-state index in [1.165, 1.54) is 12.1 Å². The Morgan fingerprint density at radius 2 is 1.15 bits per heavy atom. The van der Waals surface area contributed by atoms with Crippen LogP contribution in [0.2, 0.25) is 36.3 Å². The maximum absolute atomic E-state index is 11.9. The summed E-state index contributed by atoms with van der Waals surface area (Å²) in [5.41, 5.74) is 2.71. The largest absolute Gasteiger partial charge is 0.543 e. The summed E-state index contributed by atoms with van der Waals surface area (Å²) in [6.45, 7) is 29.9. The van der Waals surface area contributed by atoms with Crippen LogP contribution in [0.4, 0.5) is 0 Å². The minimum atomic E-state index is -1.89. The van der Waals surface area contributed by atoms with Gasteiger partial charge in [-0.25, -0.2) is 9.59 Å². The number of aryl methyl sites for hydroxylation is 2. The second kappa shape index (κ2) is 15.8. The molecule has 0 aliphatic carbocycles. The van der Waals surface area contributed by atoms with Crippen molar-refractivity contribution < 1.29 is 28.6 Å². The molecular formula is C32H53ClO6Si2. The molecule has 232 valence electrons. The van der Waals surface area contributed by atoms with Crippen LogP contribution in [0, 0.1) is 13.8 Å². The lowest BCUT2D eigenvalue weighted by Crippen LogP contribution is -2.43. The predicted octanol–water partition coefficient (Wildman–Crippen LogP) is 9.66. The average Bonchev–Trinajstić information content (AvgIpc) is 2.81. The number of halogens is 1. The number of rotatable bonds is 6. The fourth-order valence-electron chi connectivity index (χ4n) is 2.58. The zero-order valence-electron chi connectivity index (χ0n) is 27.7. The Labute approximate surface area is 255 Å². The number of benzene rings is 2. The predicted molar refractivity (Wildman–Crippen MR) is 177 cm³/mol. The Hall–Kier alpha value is -2.30. The number of hydrogen-bond acceptors (Lipinski definition) is 6. The summed E-state index contributed by atoms with van der Waals surface area (Å²) < 4.78 is 16.1. The van der Waals surface area contributed by atoms with Crippen molar-refractivity contribution in [2.45, 2.75) is 106 Å². The van der Waals surface area contributed by atoms with E-state index in [1.807, 2.05) is 26.0 Å². The molecule has 0 spiro atoms. The van der Waals surface area contributed by atoms with Crippen molar-refractivity contribution in [3.8, 4) is 11.5 Å². The highest BCUT2D eigenvalue weighted by atomic mass is 35.6. The van der Waals surface area contributed by atoms with Gasteiger partial charge in [0.25, 0.3) is 0 Å². The number of carbonyl (C=O) groups is 2. The van der Waals surface area contributed by atoms with Crippen molar-refractivity contribution in [2.75, 3.05) is 13.2 Å². The summed E-state index contributed by atoms with van der Waals surface area (Å²) in [6.07, 6.45) is 0. The monoisotopic (exact) mass is 624 g/mol. The fraction of sp³-hybridized carbons (Fsp3) is 0.562. The van der Waals surface area contributed by atoms with Crippen LogP contribution in [-0.2, 0) is 9.47 Å². The third kappa shape index (κ3) is 13.0. The van der Waals surface area contributed by atoms with Gasteiger partial charge in [0.1, 0.15) is 11.5 Å². The van der Waals surface area contributed by atoms with Gasteiger partial charge in [-0.05, 0) is 86.3 Å². The minimum absolute atomic E-state index is 0.0775. The van der Waals surface area contributed by atoms with E-state index < -0.39 is 21.7 Å². The van der Waals surface area contributed by atoms with Gasteiger partial charge in [-0.15, -0.1) is 0 Å². The molecular weight excluding hydrogens is 572 g/mol. The van der Waals surface area contributed by atoms with Crippen molar-refractivity contribution in [2.24, 2.45) is 0 Å². The quantitative estimate of drug-likeness (QED) is 0.196. The Balaban J connectivity index is 0.000000652. The first-order chi connectivity index (χ1) is 18.5. The number of ether oxygens (including phenoxy) is 2. The highest BCUT2D eigenvalue weighted by Gasteiger charge is 2.39. The first kappa shape index (κ1) is 38.7. The Bertz CT molecular complexity index is 1130. The van der Waals surface area contributed by atoms with E-state index in [0.29, 0.717) is 29.4 Å². The van der Waals surface area contributed by atoms with Crippen molar-refractivity contribution in [3.63, 3.8) is 0 Å². The molecule has 0 fully saturated rings. The van der Waals surface area contributed by atoms with Crippen LogP contribution in [0.5, 0.6) is 11.5 Å². The second-order valence-corrected chi connectivity index (χ2v) is 25.0. The molecule has 6 nitrogen and oxygen atoms in total. The van der Waals surface area contributed by atoms with Gasteiger partial charge < -0.3 is 19.0 Å². The van der Waals surface area contributed by atoms with Crippen LogP contribution in [0.15, 0.2) is 36.4 Å². The maximum atomic E-state index is 11.9. The van der Waals surface area contributed by atoms with Gasteiger partial charge in [0.2, 0.25) is 8.32 Å². The minimum Gasteiger partial charge on any atom is -0.543 e. The molecule has 0 unspecified atom stereocenters. The number of phenolic OH excluding ortho intramolecular Hbond substituents is 1. The number of aromatic hydroxyl groups is 1. The van der Waals surface area contributed by atoms with E-state index in [4.69, 9.17) is 30.1 Å². The lowest BCUT2D eigenvalue weighted by molar-refractivity contribution is 0.0515. The topological polar surface area (TPSA) is 82.1 Å². The normalized spacial score (nSPS) is 11.8. The van der Waals surface area contributed by atoms with Crippen LogP contribution in [-0.4, -0.2) is 46.0 Å². The SMILES string of the molecule is CC(C)(C)[Si](C)(C)Cl.CCOC(=O)c1cc(O)ccc1C.CCOC(=O)c1cc(O[Si](C)(C)C(C)(C)C)ccc1C. The van der Waals surface area contributed by atoms with Gasteiger partial charge >= 0.3 is 11.9 Å². The van der Waals surface area contributed by atoms with Gasteiger partial charge in [-0.1, -0.05) is 66.8 Å². The molecule has 2 rings (SSSR count). The van der Waals surface area contributed by atoms with Crippen LogP contribution in [0.25, 0.3) is 0 Å². The third-order valence-corrected chi connectivity index (χ3v) is 17.0. The average molecular weight is 625 g/mol. The Kier molecular flexibility index (Phi) is 14.9. The van der Waals surface area contributed by atoms with Gasteiger partial charge in [0.15, 0.2) is 7.38 Å². The molecule has 0 bridgehead atoms. The lowest BCUT2D eigenvalue weighted by Gasteiger charge is -2.36. The first-order valence-electron chi connectivity index (χ1n) is 14.1. The first-order valence-corrected chi connectivity index (χ1v) is 21.0. The smallest absolute Gasteiger partial charge is 0.338 e. The molecule has 0 heterocycles. The van der Waals surface area contributed by atoms with Crippen molar-refractivity contribution in [1.82, 2.24) is 0 Å². The fourth-order valence-corrected chi connectivity index (χ4v) is 3.60. The molecule has 0 aromatic heterocycles. The third-order valence-electron chi connectivity index (χ3n) is 7.38. The summed E-state index contributed by atoms with van der Waals surface area (Å²) in [5, 5.41) is 9.62. The van der Waals surface area contributed by atoms with Crippen LogP contribution < -0.4 is 4.43 Å². The molecule has 0 aliphatic heterocycles. The molecule has 2 aromatic rings. The maximum Gasteiger partial charge on any atom is 0.338 e. The molecule has 1 N–H and O–H groups in total. The Morgan fingerprint density at radius 3 is 1.51 bits per heavy atom. The summed E-state index contributed by atoms with van der Waals surface area (Å²) in [4.78, 5) is 23.2. The molecule has 9 heteroatoms. The van der Waals surface area contributed by atoms with E-state index in [0.717, 1.165) is 16.9 Å². The Morgan fingerprint density at radius 1 is 0.756 bits per heavy atom. The van der Waals surface area contributed by atoms with Gasteiger partial charge in [0.05, 0.1) is 24.3 Å². The van der Waals surface area contributed by atoms with Gasteiger partial charge in [-0.2, -0.15) is 11.1 Å². The van der Waals surface area contributed by atoms with Crippen LogP contribution >= 0.6 is 11.1 Å². The van der Waals surface area contributed by atoms with E-state index in [9.17, 15) is 9.59 Å². The van der Waals surface area contributed by atoms with Crippen molar-refractivity contribution >= 4 is 38.7 Å². The molecule has 0 saturated heterocycles. The van der Waals surface area contributed by atoms with Gasteiger partial charge in [-0.3, -0.25) is 0 Å². The van der Waals surface area contributed by atoms with Crippen molar-refractivity contribution in [3.05, 3.63) is 58.7 Å². The number of carbonyl (C=O) groups excluding carboxylic acids is 2. The molecule has 41 heavy (non-hydrogen) atoms. The highest BCUT2D eigenvalue weighted by molar-refractivity contribution is 7.20. The summed E-state index contributed by atoms with van der Waals surface area (Å²) in [7, 11) is -3.28. The summed E-state index contributed by atoms with van der Waals surface area (Å²) >= 11 is 6.15. The standard InChI is InChI=1S/C16H26O3Si.C10H12O3.C6H15ClSi/c1-8-18-15(17)14-11-13(10-9-12(14)2)19-20(6,7)16(3,4)5;1-3-13-10(12)9-6-8(11)5-4-7(9)2;1-6(2,3)8(4,5)7/h9-11H,8H2,1-7H3;4-6,11H,3H2,1-2H3;1-5H3. The number of esters is 2. The zero-order chi connectivity index (χ0) is 32.4. The van der Waals surface area contributed by atoms with Crippen molar-refractivity contribution in [1.29, 1.82) is 0 Å². The van der Waals surface area contributed by atoms with Crippen LogP contribution in [0.3, 0.4) is 0 Å². The molecule has 0 saturated carbocycles. The molecule has 0 aliphatic rings. The van der Waals surface area contributed by atoms with E-state index in [1.54, 1.807) is 26.0 Å². The zero-order valence-corrected chi connectivity index (χ0v) is 30.5. The number of phenols is 1. The number of hydrogen-bond donors (Lipinski definition) is 1. The van der Waals surface area contributed by atoms with E-state index in [-0.39, 0.29) is 16.8 Å². The van der Waals surface area contributed by atoms with E-state index >= 15 is 0 Å². The van der Waals surface area contributed by atoms with Crippen LogP contribution in [0.1, 0.15) is 87.2 Å². The lowest BCUT2D eigenvalue weighted by atomic mass is 10.1. The highest BCUT2D eigenvalue weighted by Crippen LogP contribution is 2.38. The summed E-state index contributed by atoms with van der Waals surface area (Å²) in [5.74, 6) is 0.153. The molecule has 2 aromatic carbocycles. The second-order valence-electron chi connectivity index (χ2n) is 13.0. The molecule has 0 radical (unpaired) electrons. The summed E-state index contributed by atoms with van der Waals surface area (Å²) in [6, 6.07) is 10.3.